The number of imidazole rings is 1. The van der Waals surface area contributed by atoms with Crippen LogP contribution in [0.5, 0.6) is 0 Å². The first-order chi connectivity index (χ1) is 20.0. The third-order valence-electron chi connectivity index (χ3n) is 8.03. The van der Waals surface area contributed by atoms with E-state index in [2.05, 4.69) is 82.3 Å². The second kappa shape index (κ2) is 11.0. The normalized spacial score (nSPS) is 13.2. The predicted octanol–water partition coefficient (Wildman–Crippen LogP) is 7.68. The Bertz CT molecular complexity index is 1620. The van der Waals surface area contributed by atoms with E-state index in [4.69, 9.17) is 4.98 Å². The van der Waals surface area contributed by atoms with Crippen molar-refractivity contribution in [3.05, 3.63) is 180 Å². The molecule has 0 radical (unpaired) electrons. The molecule has 6 aromatic rings. The van der Waals surface area contributed by atoms with Crippen LogP contribution in [0.4, 0.5) is 0 Å². The van der Waals surface area contributed by atoms with E-state index in [1.807, 2.05) is 87.0 Å². The van der Waals surface area contributed by atoms with Crippen molar-refractivity contribution in [2.45, 2.75) is 25.0 Å². The Hall–Kier alpha value is -4.80. The van der Waals surface area contributed by atoms with Gasteiger partial charge in [-0.2, -0.15) is 0 Å². The summed E-state index contributed by atoms with van der Waals surface area (Å²) in [6, 6.07) is 45.3. The van der Waals surface area contributed by atoms with Gasteiger partial charge in [-0.3, -0.25) is 4.98 Å². The molecule has 0 saturated heterocycles. The molecule has 2 heterocycles. The summed E-state index contributed by atoms with van der Waals surface area (Å²) in [6.45, 7) is 4.07. The van der Waals surface area contributed by atoms with Crippen molar-refractivity contribution in [1.29, 1.82) is 0 Å². The molecular formula is C37H33N3O. The summed E-state index contributed by atoms with van der Waals surface area (Å²) >= 11 is 0. The van der Waals surface area contributed by atoms with Crippen LogP contribution < -0.4 is 0 Å². The van der Waals surface area contributed by atoms with Gasteiger partial charge < -0.3 is 9.67 Å². The molecule has 0 aliphatic rings. The summed E-state index contributed by atoms with van der Waals surface area (Å²) in [4.78, 5) is 9.45. The molecule has 4 nitrogen and oxygen atoms in total. The van der Waals surface area contributed by atoms with Gasteiger partial charge in [-0.1, -0.05) is 129 Å². The third kappa shape index (κ3) is 4.56. The van der Waals surface area contributed by atoms with E-state index >= 15 is 0 Å². The van der Waals surface area contributed by atoms with Crippen LogP contribution in [0.15, 0.2) is 152 Å². The van der Waals surface area contributed by atoms with Gasteiger partial charge in [0.15, 0.2) is 0 Å². The van der Waals surface area contributed by atoms with E-state index in [0.29, 0.717) is 5.69 Å². The highest BCUT2D eigenvalue weighted by Crippen LogP contribution is 2.43. The zero-order valence-electron chi connectivity index (χ0n) is 23.3. The number of nitrogens with zero attached hydrogens (tertiary/aromatic N) is 3. The molecule has 0 spiro atoms. The van der Waals surface area contributed by atoms with Crippen LogP contribution in [0.2, 0.25) is 0 Å². The standard InChI is InChI=1S/C37H33N3O/c1-28(2)37(41,33-22-14-15-29(25-33)34-23-12-13-24-38-34)35-26-40(27-39-35)36(30-16-6-3-7-17-30,31-18-8-4-9-19-31)32-20-10-5-11-21-32/h3-28,41H,1-2H3. The van der Waals surface area contributed by atoms with E-state index < -0.39 is 11.1 Å². The Labute approximate surface area is 241 Å². The zero-order valence-corrected chi connectivity index (χ0v) is 23.3. The van der Waals surface area contributed by atoms with Gasteiger partial charge in [0.2, 0.25) is 0 Å². The smallest absolute Gasteiger partial charge is 0.135 e. The maximum Gasteiger partial charge on any atom is 0.135 e. The lowest BCUT2D eigenvalue weighted by Gasteiger charge is -2.37. The van der Waals surface area contributed by atoms with Crippen molar-refractivity contribution in [2.75, 3.05) is 0 Å². The van der Waals surface area contributed by atoms with Crippen LogP contribution in [0.1, 0.15) is 41.8 Å². The lowest BCUT2D eigenvalue weighted by atomic mass is 9.76. The molecule has 0 amide bonds. The van der Waals surface area contributed by atoms with Gasteiger partial charge in [-0.05, 0) is 46.4 Å². The van der Waals surface area contributed by atoms with Gasteiger partial charge in [0.1, 0.15) is 11.1 Å². The van der Waals surface area contributed by atoms with Crippen LogP contribution >= 0.6 is 0 Å². The fourth-order valence-corrected chi connectivity index (χ4v) is 5.91. The minimum absolute atomic E-state index is 0.149. The molecule has 1 atom stereocenters. The van der Waals surface area contributed by atoms with Gasteiger partial charge in [-0.25, -0.2) is 4.98 Å². The lowest BCUT2D eigenvalue weighted by Crippen LogP contribution is -2.37. The molecule has 2 aromatic heterocycles. The summed E-state index contributed by atoms with van der Waals surface area (Å²) in [5, 5.41) is 12.5. The molecule has 0 saturated carbocycles. The van der Waals surface area contributed by atoms with E-state index in [1.165, 1.54) is 0 Å². The third-order valence-corrected chi connectivity index (χ3v) is 8.03. The second-order valence-electron chi connectivity index (χ2n) is 10.7. The van der Waals surface area contributed by atoms with Gasteiger partial charge in [0.05, 0.1) is 17.7 Å². The van der Waals surface area contributed by atoms with Crippen LogP contribution in [-0.2, 0) is 11.1 Å². The Morgan fingerprint density at radius 3 is 1.66 bits per heavy atom. The zero-order chi connectivity index (χ0) is 28.3. The molecule has 0 fully saturated rings. The van der Waals surface area contributed by atoms with Crippen LogP contribution in [-0.4, -0.2) is 19.6 Å². The molecule has 0 aliphatic carbocycles. The quantitative estimate of drug-likeness (QED) is 0.203. The number of aromatic nitrogens is 3. The first kappa shape index (κ1) is 26.4. The summed E-state index contributed by atoms with van der Waals surface area (Å²) in [5.41, 5.74) is 4.47. The average molecular weight is 536 g/mol. The molecule has 1 unspecified atom stereocenters. The number of hydrogen-bond acceptors (Lipinski definition) is 3. The lowest BCUT2D eigenvalue weighted by molar-refractivity contribution is 0.0278. The number of aliphatic hydroxyl groups is 1. The van der Waals surface area contributed by atoms with Crippen molar-refractivity contribution in [3.8, 4) is 11.3 Å². The fraction of sp³-hybridized carbons (Fsp3) is 0.135. The van der Waals surface area contributed by atoms with E-state index in [-0.39, 0.29) is 5.92 Å². The summed E-state index contributed by atoms with van der Waals surface area (Å²) < 4.78 is 2.15. The molecule has 202 valence electrons. The molecule has 4 heteroatoms. The molecule has 0 aliphatic heterocycles. The summed E-state index contributed by atoms with van der Waals surface area (Å²) in [7, 11) is 0. The number of hydrogen-bond donors (Lipinski definition) is 1. The Kier molecular flexibility index (Phi) is 7.08. The first-order valence-electron chi connectivity index (χ1n) is 14.0. The van der Waals surface area contributed by atoms with E-state index in [0.717, 1.165) is 33.5 Å². The highest BCUT2D eigenvalue weighted by Gasteiger charge is 2.42. The maximum atomic E-state index is 12.5. The Morgan fingerprint density at radius 1 is 0.610 bits per heavy atom. The highest BCUT2D eigenvalue weighted by molar-refractivity contribution is 5.61. The molecule has 4 aromatic carbocycles. The summed E-state index contributed by atoms with van der Waals surface area (Å²) in [6.07, 6.45) is 5.66. The highest BCUT2D eigenvalue weighted by atomic mass is 16.3. The van der Waals surface area contributed by atoms with Crippen molar-refractivity contribution in [2.24, 2.45) is 5.92 Å². The molecule has 1 N–H and O–H groups in total. The van der Waals surface area contributed by atoms with Crippen LogP contribution in [0.3, 0.4) is 0 Å². The van der Waals surface area contributed by atoms with Crippen molar-refractivity contribution in [1.82, 2.24) is 14.5 Å². The van der Waals surface area contributed by atoms with Gasteiger partial charge >= 0.3 is 0 Å². The van der Waals surface area contributed by atoms with Crippen LogP contribution in [0, 0.1) is 5.92 Å². The van der Waals surface area contributed by atoms with E-state index in [1.54, 1.807) is 6.20 Å². The average Bonchev–Trinajstić information content (AvgIpc) is 3.54. The monoisotopic (exact) mass is 535 g/mol. The number of rotatable bonds is 8. The molecule has 0 bridgehead atoms. The van der Waals surface area contributed by atoms with Crippen molar-refractivity contribution >= 4 is 0 Å². The molecule has 41 heavy (non-hydrogen) atoms. The van der Waals surface area contributed by atoms with Gasteiger partial charge in [0.25, 0.3) is 0 Å². The number of benzene rings is 4. The first-order valence-corrected chi connectivity index (χ1v) is 14.0. The second-order valence-corrected chi connectivity index (χ2v) is 10.7. The largest absolute Gasteiger partial charge is 0.378 e. The number of pyridine rings is 1. The molecule has 6 rings (SSSR count). The fourth-order valence-electron chi connectivity index (χ4n) is 5.91. The topological polar surface area (TPSA) is 50.9 Å². The summed E-state index contributed by atoms with van der Waals surface area (Å²) in [5.74, 6) is -0.149. The van der Waals surface area contributed by atoms with Crippen molar-refractivity contribution < 1.29 is 5.11 Å². The van der Waals surface area contributed by atoms with Crippen molar-refractivity contribution in [3.63, 3.8) is 0 Å². The minimum Gasteiger partial charge on any atom is -0.378 e. The van der Waals surface area contributed by atoms with Gasteiger partial charge in [-0.15, -0.1) is 0 Å². The maximum absolute atomic E-state index is 12.5. The Balaban J connectivity index is 1.57. The minimum atomic E-state index is -1.33. The predicted molar refractivity (Wildman–Crippen MR) is 164 cm³/mol. The van der Waals surface area contributed by atoms with E-state index in [9.17, 15) is 5.11 Å². The van der Waals surface area contributed by atoms with Gasteiger partial charge in [0, 0.05) is 18.0 Å². The van der Waals surface area contributed by atoms with Crippen LogP contribution in [0.25, 0.3) is 11.3 Å². The Morgan fingerprint density at radius 2 is 1.15 bits per heavy atom. The SMILES string of the molecule is CC(C)C(O)(c1cccc(-c2ccccn2)c1)c1cn(C(c2ccccc2)(c2ccccc2)c2ccccc2)cn1. The molecular weight excluding hydrogens is 502 g/mol.